The van der Waals surface area contributed by atoms with Crippen LogP contribution in [0.2, 0.25) is 0 Å². The molecule has 1 saturated heterocycles. The number of rotatable bonds is 4. The Hall–Kier alpha value is -2.70. The quantitative estimate of drug-likeness (QED) is 0.849. The molecule has 4 rings (SSSR count). The van der Waals surface area contributed by atoms with E-state index >= 15 is 0 Å². The lowest BCUT2D eigenvalue weighted by Crippen LogP contribution is -2.44. The maximum absolute atomic E-state index is 13.0. The summed E-state index contributed by atoms with van der Waals surface area (Å²) in [4.78, 5) is 27.6. The van der Waals surface area contributed by atoms with E-state index < -0.39 is 5.92 Å². The van der Waals surface area contributed by atoms with Gasteiger partial charge in [0, 0.05) is 12.5 Å². The number of carbonyl (C=O) groups excluding carboxylic acids is 2. The lowest BCUT2D eigenvalue weighted by Gasteiger charge is -2.30. The highest BCUT2D eigenvalue weighted by molar-refractivity contribution is 5.91. The molecule has 0 radical (unpaired) electrons. The molecule has 7 heteroatoms. The summed E-state index contributed by atoms with van der Waals surface area (Å²) in [5.74, 6) is 0.723. The molecule has 1 aliphatic carbocycles. The molecule has 1 aromatic carbocycles. The molecule has 132 valence electrons. The molecule has 0 bridgehead atoms. The maximum Gasteiger partial charge on any atom is 0.247 e. The van der Waals surface area contributed by atoms with Gasteiger partial charge in [0.05, 0.1) is 25.6 Å². The van der Waals surface area contributed by atoms with Gasteiger partial charge in [-0.25, -0.2) is 0 Å². The van der Waals surface area contributed by atoms with Gasteiger partial charge in [0.2, 0.25) is 11.8 Å². The molecule has 2 amide bonds. The number of likely N-dealkylation sites (tertiary alicyclic amines) is 1. The summed E-state index contributed by atoms with van der Waals surface area (Å²) in [5, 5.41) is 1.50. The molecule has 0 aromatic heterocycles. The Bertz CT molecular complexity index is 744. The van der Waals surface area contributed by atoms with Crippen LogP contribution in [0.15, 0.2) is 36.2 Å². The SMILES string of the molecule is COc1cccc(C2C(C(=O)N3CC=C(N)N3)CC(=O)N2C2CC2)c1. The highest BCUT2D eigenvalue weighted by Crippen LogP contribution is 2.46. The van der Waals surface area contributed by atoms with E-state index in [1.54, 1.807) is 13.2 Å². The smallest absolute Gasteiger partial charge is 0.247 e. The highest BCUT2D eigenvalue weighted by Gasteiger charge is 2.50. The zero-order chi connectivity index (χ0) is 17.6. The molecule has 1 saturated carbocycles. The van der Waals surface area contributed by atoms with Gasteiger partial charge in [-0.15, -0.1) is 0 Å². The van der Waals surface area contributed by atoms with E-state index in [2.05, 4.69) is 5.43 Å². The van der Waals surface area contributed by atoms with Gasteiger partial charge in [0.1, 0.15) is 11.6 Å². The standard InChI is InChI=1S/C18H22N4O3/c1-25-13-4-2-3-11(9-13)17-14(10-16(23)22(17)12-5-6-12)18(24)21-8-7-15(19)20-21/h2-4,7,9,12,14,17,20H,5-6,8,10,19H2,1H3. The largest absolute Gasteiger partial charge is 0.497 e. The van der Waals surface area contributed by atoms with Crippen LogP contribution in [0.3, 0.4) is 0 Å². The fourth-order valence-corrected chi connectivity index (χ4v) is 3.76. The lowest BCUT2D eigenvalue weighted by atomic mass is 9.92. The number of nitrogens with two attached hydrogens (primary N) is 1. The third-order valence-corrected chi connectivity index (χ3v) is 5.08. The minimum absolute atomic E-state index is 0.0498. The predicted molar refractivity (Wildman–Crippen MR) is 90.8 cm³/mol. The number of hydrogen-bond acceptors (Lipinski definition) is 5. The second kappa shape index (κ2) is 5.98. The molecule has 2 unspecified atom stereocenters. The fourth-order valence-electron chi connectivity index (χ4n) is 3.76. The molecule has 2 atom stereocenters. The second-order valence-electron chi connectivity index (χ2n) is 6.78. The predicted octanol–water partition coefficient (Wildman–Crippen LogP) is 0.894. The van der Waals surface area contributed by atoms with E-state index in [9.17, 15) is 9.59 Å². The van der Waals surface area contributed by atoms with Crippen molar-refractivity contribution in [3.63, 3.8) is 0 Å². The Labute approximate surface area is 146 Å². The van der Waals surface area contributed by atoms with Gasteiger partial charge in [-0.3, -0.25) is 20.0 Å². The fraction of sp³-hybridized carbons (Fsp3) is 0.444. The zero-order valence-electron chi connectivity index (χ0n) is 14.1. The van der Waals surface area contributed by atoms with Crippen molar-refractivity contribution in [2.75, 3.05) is 13.7 Å². The number of benzene rings is 1. The molecule has 25 heavy (non-hydrogen) atoms. The van der Waals surface area contributed by atoms with Crippen LogP contribution in [0.4, 0.5) is 0 Å². The van der Waals surface area contributed by atoms with Crippen LogP contribution in [0.25, 0.3) is 0 Å². The Kier molecular flexibility index (Phi) is 3.78. The van der Waals surface area contributed by atoms with Crippen molar-refractivity contribution >= 4 is 11.8 Å². The summed E-state index contributed by atoms with van der Waals surface area (Å²) in [7, 11) is 1.61. The molecule has 0 spiro atoms. The van der Waals surface area contributed by atoms with Crippen LogP contribution in [0.5, 0.6) is 5.75 Å². The first-order valence-corrected chi connectivity index (χ1v) is 8.57. The summed E-state index contributed by atoms with van der Waals surface area (Å²) in [6, 6.07) is 7.64. The summed E-state index contributed by atoms with van der Waals surface area (Å²) in [6.45, 7) is 0.420. The van der Waals surface area contributed by atoms with Gasteiger partial charge in [-0.1, -0.05) is 12.1 Å². The van der Waals surface area contributed by atoms with Crippen LogP contribution in [-0.4, -0.2) is 41.4 Å². The normalized spacial score (nSPS) is 25.8. The third kappa shape index (κ3) is 2.79. The molecular weight excluding hydrogens is 320 g/mol. The molecule has 2 aliphatic heterocycles. The Balaban J connectivity index is 1.66. The summed E-state index contributed by atoms with van der Waals surface area (Å²) >= 11 is 0. The van der Waals surface area contributed by atoms with Crippen molar-refractivity contribution in [3.8, 4) is 5.75 Å². The number of amides is 2. The molecule has 3 N–H and O–H groups in total. The maximum atomic E-state index is 13.0. The number of nitrogens with one attached hydrogen (secondary N) is 1. The van der Waals surface area contributed by atoms with Gasteiger partial charge in [-0.2, -0.15) is 0 Å². The first-order chi connectivity index (χ1) is 12.1. The first kappa shape index (κ1) is 15.8. The average Bonchev–Trinajstić information content (AvgIpc) is 3.27. The number of hydrazine groups is 1. The van der Waals surface area contributed by atoms with Crippen molar-refractivity contribution in [1.29, 1.82) is 0 Å². The Morgan fingerprint density at radius 2 is 2.16 bits per heavy atom. The van der Waals surface area contributed by atoms with Gasteiger partial charge in [0.15, 0.2) is 0 Å². The number of ether oxygens (including phenoxy) is 1. The molecular formula is C18H22N4O3. The Morgan fingerprint density at radius 1 is 1.36 bits per heavy atom. The van der Waals surface area contributed by atoms with Crippen molar-refractivity contribution in [2.45, 2.75) is 31.3 Å². The lowest BCUT2D eigenvalue weighted by molar-refractivity contribution is -0.138. The van der Waals surface area contributed by atoms with Crippen LogP contribution in [-0.2, 0) is 9.59 Å². The van der Waals surface area contributed by atoms with Crippen LogP contribution in [0, 0.1) is 5.92 Å². The molecule has 3 aliphatic rings. The van der Waals surface area contributed by atoms with Crippen molar-refractivity contribution in [2.24, 2.45) is 11.7 Å². The minimum Gasteiger partial charge on any atom is -0.497 e. The highest BCUT2D eigenvalue weighted by atomic mass is 16.5. The Morgan fingerprint density at radius 3 is 2.80 bits per heavy atom. The van der Waals surface area contributed by atoms with Crippen LogP contribution < -0.4 is 15.9 Å². The third-order valence-electron chi connectivity index (χ3n) is 5.08. The van der Waals surface area contributed by atoms with Crippen LogP contribution >= 0.6 is 0 Å². The number of nitrogens with zero attached hydrogens (tertiary/aromatic N) is 2. The second-order valence-corrected chi connectivity index (χ2v) is 6.78. The molecule has 2 fully saturated rings. The van der Waals surface area contributed by atoms with E-state index in [0.717, 1.165) is 24.2 Å². The topological polar surface area (TPSA) is 87.9 Å². The monoisotopic (exact) mass is 342 g/mol. The van der Waals surface area contributed by atoms with Crippen LogP contribution in [0.1, 0.15) is 30.9 Å². The van der Waals surface area contributed by atoms with Gasteiger partial charge in [-0.05, 0) is 36.6 Å². The van der Waals surface area contributed by atoms with Gasteiger partial charge in [0.25, 0.3) is 0 Å². The van der Waals surface area contributed by atoms with Gasteiger partial charge >= 0.3 is 0 Å². The summed E-state index contributed by atoms with van der Waals surface area (Å²) in [5.41, 5.74) is 9.53. The number of methoxy groups -OCH3 is 1. The number of carbonyl (C=O) groups is 2. The van der Waals surface area contributed by atoms with E-state index in [1.165, 1.54) is 5.01 Å². The minimum atomic E-state index is -0.424. The van der Waals surface area contributed by atoms with E-state index in [0.29, 0.717) is 12.4 Å². The molecule has 7 nitrogen and oxygen atoms in total. The zero-order valence-corrected chi connectivity index (χ0v) is 14.1. The number of hydrogen-bond donors (Lipinski definition) is 2. The molecule has 1 aromatic rings. The van der Waals surface area contributed by atoms with Crippen molar-refractivity contribution < 1.29 is 14.3 Å². The summed E-state index contributed by atoms with van der Waals surface area (Å²) < 4.78 is 5.33. The average molecular weight is 342 g/mol. The van der Waals surface area contributed by atoms with E-state index in [1.807, 2.05) is 29.2 Å². The van der Waals surface area contributed by atoms with Crippen molar-refractivity contribution in [1.82, 2.24) is 15.3 Å². The van der Waals surface area contributed by atoms with E-state index in [-0.39, 0.29) is 30.3 Å². The first-order valence-electron chi connectivity index (χ1n) is 8.57. The van der Waals surface area contributed by atoms with E-state index in [4.69, 9.17) is 10.5 Å². The molecule has 2 heterocycles. The summed E-state index contributed by atoms with van der Waals surface area (Å²) in [6.07, 6.45) is 4.00. The van der Waals surface area contributed by atoms with Gasteiger partial charge < -0.3 is 15.4 Å². The van der Waals surface area contributed by atoms with Crippen molar-refractivity contribution in [3.05, 3.63) is 41.7 Å².